The van der Waals surface area contributed by atoms with Gasteiger partial charge >= 0.3 is 5.63 Å². The lowest BCUT2D eigenvalue weighted by atomic mass is 9.87. The molecule has 0 bridgehead atoms. The Labute approximate surface area is 185 Å². The number of rotatable bonds is 6. The van der Waals surface area contributed by atoms with Gasteiger partial charge in [-0.25, -0.2) is 4.79 Å². The predicted molar refractivity (Wildman–Crippen MR) is 121 cm³/mol. The van der Waals surface area contributed by atoms with Crippen LogP contribution in [0.15, 0.2) is 57.9 Å². The summed E-state index contributed by atoms with van der Waals surface area (Å²) in [6.07, 6.45) is 2.38. The maximum absolute atomic E-state index is 13.2. The van der Waals surface area contributed by atoms with E-state index < -0.39 is 11.2 Å². The first-order chi connectivity index (χ1) is 15.3. The van der Waals surface area contributed by atoms with Gasteiger partial charge in [0.05, 0.1) is 25.4 Å². The van der Waals surface area contributed by atoms with Crippen molar-refractivity contribution in [2.45, 2.75) is 25.9 Å². The highest BCUT2D eigenvalue weighted by molar-refractivity contribution is 6.28. The van der Waals surface area contributed by atoms with Crippen LogP contribution in [0.2, 0.25) is 0 Å². The summed E-state index contributed by atoms with van der Waals surface area (Å²) in [7, 11) is 3.20. The topological polar surface area (TPSA) is 87.0 Å². The third-order valence-corrected chi connectivity index (χ3v) is 5.43. The van der Waals surface area contributed by atoms with Crippen molar-refractivity contribution in [2.24, 2.45) is 0 Å². The van der Waals surface area contributed by atoms with Gasteiger partial charge in [-0.05, 0) is 56.2 Å². The van der Waals surface area contributed by atoms with Gasteiger partial charge in [-0.3, -0.25) is 4.79 Å². The van der Waals surface area contributed by atoms with Gasteiger partial charge in [0.25, 0.3) is 0 Å². The van der Waals surface area contributed by atoms with E-state index in [0.29, 0.717) is 46.9 Å². The maximum Gasteiger partial charge on any atom is 0.336 e. The molecular weight excluding hydrogens is 410 g/mol. The first kappa shape index (κ1) is 21.5. The van der Waals surface area contributed by atoms with E-state index in [-0.39, 0.29) is 5.78 Å². The molecule has 166 valence electrons. The van der Waals surface area contributed by atoms with Crippen LogP contribution in [0.25, 0.3) is 16.5 Å². The number of carbonyl (C=O) groups is 1. The fourth-order valence-electron chi connectivity index (χ4n) is 3.78. The molecule has 7 nitrogen and oxygen atoms in total. The number of nitrogens with one attached hydrogen (secondary N) is 1. The average Bonchev–Trinajstić information content (AvgIpc) is 2.78. The van der Waals surface area contributed by atoms with Crippen LogP contribution in [-0.4, -0.2) is 32.1 Å². The van der Waals surface area contributed by atoms with Gasteiger partial charge in [-0.15, -0.1) is 0 Å². The summed E-state index contributed by atoms with van der Waals surface area (Å²) in [5.41, 5.74) is 0.790. The number of hydrogen-bond acceptors (Lipinski definition) is 7. The molecule has 3 aromatic rings. The average molecular weight is 435 g/mol. The Hall–Kier alpha value is -3.74. The van der Waals surface area contributed by atoms with Gasteiger partial charge in [-0.1, -0.05) is 6.07 Å². The van der Waals surface area contributed by atoms with Gasteiger partial charge in [-0.2, -0.15) is 0 Å². The van der Waals surface area contributed by atoms with Crippen molar-refractivity contribution < 1.29 is 23.4 Å². The third kappa shape index (κ3) is 3.93. The lowest BCUT2D eigenvalue weighted by Gasteiger charge is -2.32. The molecule has 0 aliphatic carbocycles. The van der Waals surface area contributed by atoms with Crippen LogP contribution in [0.1, 0.15) is 25.0 Å². The Bertz CT molecular complexity index is 1270. The predicted octanol–water partition coefficient (Wildman–Crippen LogP) is 3.72. The molecule has 0 atom stereocenters. The number of fused-ring (bicyclic) bond motifs is 3. The third-order valence-electron chi connectivity index (χ3n) is 5.43. The lowest BCUT2D eigenvalue weighted by molar-refractivity contribution is -0.126. The number of benzene rings is 2. The van der Waals surface area contributed by atoms with Crippen LogP contribution in [0.5, 0.6) is 17.2 Å². The monoisotopic (exact) mass is 435 g/mol. The van der Waals surface area contributed by atoms with Crippen molar-refractivity contribution in [3.63, 3.8) is 0 Å². The lowest BCUT2D eigenvalue weighted by Crippen LogP contribution is -2.42. The Morgan fingerprint density at radius 3 is 2.50 bits per heavy atom. The fourth-order valence-corrected chi connectivity index (χ4v) is 3.78. The minimum atomic E-state index is -1.04. The van der Waals surface area contributed by atoms with Crippen LogP contribution < -0.4 is 25.2 Å². The first-order valence-corrected chi connectivity index (χ1v) is 10.3. The minimum Gasteiger partial charge on any atom is -0.493 e. The summed E-state index contributed by atoms with van der Waals surface area (Å²) in [6.45, 7) is 4.03. The van der Waals surface area contributed by atoms with E-state index >= 15 is 0 Å². The van der Waals surface area contributed by atoms with E-state index in [4.69, 9.17) is 18.6 Å². The molecule has 1 N–H and O–H groups in total. The second-order valence-electron chi connectivity index (χ2n) is 8.00. The molecule has 2 heterocycles. The molecule has 1 aliphatic rings. The first-order valence-electron chi connectivity index (χ1n) is 10.3. The van der Waals surface area contributed by atoms with Gasteiger partial charge in [0, 0.05) is 24.2 Å². The summed E-state index contributed by atoms with van der Waals surface area (Å²) in [6, 6.07) is 12.4. The van der Waals surface area contributed by atoms with E-state index in [1.807, 2.05) is 24.3 Å². The zero-order valence-corrected chi connectivity index (χ0v) is 18.5. The normalized spacial score (nSPS) is 15.9. The molecule has 0 unspecified atom stereocenters. The van der Waals surface area contributed by atoms with E-state index in [1.54, 1.807) is 46.4 Å². The van der Waals surface area contributed by atoms with Gasteiger partial charge in [0.2, 0.25) is 5.78 Å². The smallest absolute Gasteiger partial charge is 0.336 e. The van der Waals surface area contributed by atoms with Crippen LogP contribution >= 0.6 is 0 Å². The number of ketones is 1. The zero-order valence-electron chi connectivity index (χ0n) is 18.5. The number of ether oxygens (including phenoxy) is 3. The standard InChI is InChI=1S/C25H25NO6/c1-25(2)24(28)17(14-26-12-11-15-5-8-18(29-3)20(13-15)30-4)22-19(32-25)9-6-16-7-10-21(27)31-23(16)22/h5-10,13-14,26H,11-12H2,1-4H3/b17-14-. The molecule has 0 radical (unpaired) electrons. The molecule has 1 aliphatic heterocycles. The molecule has 0 saturated heterocycles. The SMILES string of the molecule is COc1ccc(CCN/C=C2\C(=O)C(C)(C)Oc3ccc4ccc(=O)oc4c32)cc1OC. The zero-order chi connectivity index (χ0) is 22.9. The molecule has 0 spiro atoms. The summed E-state index contributed by atoms with van der Waals surface area (Å²) in [5.74, 6) is 1.65. The van der Waals surface area contributed by atoms with Crippen LogP contribution in [0, 0.1) is 0 Å². The summed E-state index contributed by atoms with van der Waals surface area (Å²) in [4.78, 5) is 25.0. The molecule has 0 amide bonds. The highest BCUT2D eigenvalue weighted by atomic mass is 16.5. The van der Waals surface area contributed by atoms with Crippen molar-refractivity contribution in [3.8, 4) is 17.2 Å². The highest BCUT2D eigenvalue weighted by Crippen LogP contribution is 2.41. The van der Waals surface area contributed by atoms with Crippen molar-refractivity contribution in [3.05, 3.63) is 70.2 Å². The van der Waals surface area contributed by atoms with Crippen LogP contribution in [0.3, 0.4) is 0 Å². The van der Waals surface area contributed by atoms with Gasteiger partial charge in [0.1, 0.15) is 11.3 Å². The van der Waals surface area contributed by atoms with E-state index in [2.05, 4.69) is 5.32 Å². The number of hydrogen-bond donors (Lipinski definition) is 1. The molecule has 1 aromatic heterocycles. The molecule has 0 fully saturated rings. The van der Waals surface area contributed by atoms with E-state index in [1.165, 1.54) is 6.07 Å². The summed E-state index contributed by atoms with van der Waals surface area (Å²) < 4.78 is 22.0. The summed E-state index contributed by atoms with van der Waals surface area (Å²) in [5, 5.41) is 3.95. The number of methoxy groups -OCH3 is 2. The van der Waals surface area contributed by atoms with Crippen LogP contribution in [0.4, 0.5) is 0 Å². The molecule has 2 aromatic carbocycles. The Morgan fingerprint density at radius 2 is 1.75 bits per heavy atom. The summed E-state index contributed by atoms with van der Waals surface area (Å²) >= 11 is 0. The minimum absolute atomic E-state index is 0.192. The molecular formula is C25H25NO6. The van der Waals surface area contributed by atoms with Gasteiger partial charge < -0.3 is 23.9 Å². The van der Waals surface area contributed by atoms with Crippen molar-refractivity contribution in [1.29, 1.82) is 0 Å². The Kier molecular flexibility index (Phi) is 5.65. The van der Waals surface area contributed by atoms with Crippen molar-refractivity contribution in [2.75, 3.05) is 20.8 Å². The van der Waals surface area contributed by atoms with Gasteiger partial charge in [0.15, 0.2) is 17.1 Å². The molecule has 32 heavy (non-hydrogen) atoms. The molecule has 4 rings (SSSR count). The highest BCUT2D eigenvalue weighted by Gasteiger charge is 2.40. The molecule has 7 heteroatoms. The van der Waals surface area contributed by atoms with Crippen molar-refractivity contribution in [1.82, 2.24) is 5.32 Å². The fraction of sp³-hybridized carbons (Fsp3) is 0.280. The largest absolute Gasteiger partial charge is 0.493 e. The molecule has 0 saturated carbocycles. The van der Waals surface area contributed by atoms with Crippen LogP contribution in [-0.2, 0) is 11.2 Å². The Morgan fingerprint density at radius 1 is 1.00 bits per heavy atom. The Balaban J connectivity index is 1.63. The van der Waals surface area contributed by atoms with Crippen molar-refractivity contribution >= 4 is 22.3 Å². The second-order valence-corrected chi connectivity index (χ2v) is 8.00. The maximum atomic E-state index is 13.2. The number of Topliss-reactive ketones (excluding diaryl/α,β-unsaturated/α-hetero) is 1. The number of carbonyl (C=O) groups excluding carboxylic acids is 1. The second kappa shape index (κ2) is 8.42. The van der Waals surface area contributed by atoms with E-state index in [0.717, 1.165) is 10.9 Å². The van der Waals surface area contributed by atoms with E-state index in [9.17, 15) is 9.59 Å². The quantitative estimate of drug-likeness (QED) is 0.359.